The molecular formula is C26H24F4N4O2. The molecule has 0 bridgehead atoms. The Hall–Kier alpha value is -3.95. The Labute approximate surface area is 205 Å². The molecule has 6 nitrogen and oxygen atoms in total. The fourth-order valence-corrected chi connectivity index (χ4v) is 4.16. The van der Waals surface area contributed by atoms with E-state index in [2.05, 4.69) is 15.6 Å². The Morgan fingerprint density at radius 3 is 2.50 bits per heavy atom. The second-order valence-corrected chi connectivity index (χ2v) is 8.66. The van der Waals surface area contributed by atoms with E-state index in [-0.39, 0.29) is 11.5 Å². The molecular weight excluding hydrogens is 476 g/mol. The molecule has 188 valence electrons. The molecule has 36 heavy (non-hydrogen) atoms. The van der Waals surface area contributed by atoms with E-state index in [1.54, 1.807) is 31.2 Å². The monoisotopic (exact) mass is 500 g/mol. The molecule has 2 amide bonds. The van der Waals surface area contributed by atoms with Crippen molar-refractivity contribution in [3.63, 3.8) is 0 Å². The first-order chi connectivity index (χ1) is 17.1. The number of amides is 2. The standard InChI is InChI=1S/C26H24F4N4O2/c1-16-6-2-3-9-20(16)23(25(36)33-18-13-26(29,30)14-18)34(19-8-4-7-17(27)12-19)22(35)15-32-24-21(28)10-5-11-31-24/h2-12,18,23H,13-15H2,1H3,(H,31,32)(H,33,36). The summed E-state index contributed by atoms with van der Waals surface area (Å²) in [5.41, 5.74) is 1.17. The Morgan fingerprint density at radius 1 is 1.08 bits per heavy atom. The maximum atomic E-state index is 14.2. The molecule has 1 aliphatic carbocycles. The highest BCUT2D eigenvalue weighted by Crippen LogP contribution is 2.38. The van der Waals surface area contributed by atoms with E-state index in [4.69, 9.17) is 0 Å². The maximum absolute atomic E-state index is 14.2. The molecule has 1 atom stereocenters. The number of pyridine rings is 1. The molecule has 1 unspecified atom stereocenters. The van der Waals surface area contributed by atoms with Gasteiger partial charge in [-0.1, -0.05) is 30.3 Å². The fourth-order valence-electron chi connectivity index (χ4n) is 4.16. The largest absolute Gasteiger partial charge is 0.359 e. The van der Waals surface area contributed by atoms with E-state index in [0.29, 0.717) is 11.1 Å². The number of alkyl halides is 2. The van der Waals surface area contributed by atoms with Crippen molar-refractivity contribution in [3.8, 4) is 0 Å². The van der Waals surface area contributed by atoms with Crippen LogP contribution < -0.4 is 15.5 Å². The van der Waals surface area contributed by atoms with Crippen molar-refractivity contribution < 1.29 is 27.2 Å². The second kappa shape index (κ2) is 10.3. The molecule has 2 aromatic carbocycles. The third-order valence-corrected chi connectivity index (χ3v) is 5.95. The van der Waals surface area contributed by atoms with Crippen molar-refractivity contribution in [1.82, 2.24) is 10.3 Å². The molecule has 1 fully saturated rings. The average Bonchev–Trinajstić information content (AvgIpc) is 2.81. The van der Waals surface area contributed by atoms with Crippen molar-refractivity contribution in [2.45, 2.75) is 37.8 Å². The van der Waals surface area contributed by atoms with Gasteiger partial charge in [0.15, 0.2) is 11.6 Å². The lowest BCUT2D eigenvalue weighted by atomic mass is 9.87. The lowest BCUT2D eigenvalue weighted by Crippen LogP contribution is -2.54. The van der Waals surface area contributed by atoms with Crippen LogP contribution in [0.15, 0.2) is 66.9 Å². The first-order valence-corrected chi connectivity index (χ1v) is 11.3. The van der Waals surface area contributed by atoms with E-state index >= 15 is 0 Å². The SMILES string of the molecule is Cc1ccccc1C(C(=O)NC1CC(F)(F)C1)N(C(=O)CNc1ncccc1F)c1cccc(F)c1. The molecule has 4 rings (SSSR count). The first kappa shape index (κ1) is 25.2. The summed E-state index contributed by atoms with van der Waals surface area (Å²) in [7, 11) is 0. The minimum absolute atomic E-state index is 0.0747. The van der Waals surface area contributed by atoms with Gasteiger partial charge >= 0.3 is 0 Å². The molecule has 2 N–H and O–H groups in total. The zero-order chi connectivity index (χ0) is 25.9. The van der Waals surface area contributed by atoms with Gasteiger partial charge in [0.1, 0.15) is 11.9 Å². The van der Waals surface area contributed by atoms with Crippen LogP contribution in [-0.4, -0.2) is 35.3 Å². The maximum Gasteiger partial charge on any atom is 0.252 e. The van der Waals surface area contributed by atoms with Crippen LogP contribution in [0.5, 0.6) is 0 Å². The quantitative estimate of drug-likeness (QED) is 0.437. The Balaban J connectivity index is 1.71. The summed E-state index contributed by atoms with van der Waals surface area (Å²) in [4.78, 5) is 32.0. The number of hydrogen-bond donors (Lipinski definition) is 2. The van der Waals surface area contributed by atoms with Crippen molar-refractivity contribution in [2.24, 2.45) is 0 Å². The summed E-state index contributed by atoms with van der Waals surface area (Å²) in [6.07, 6.45) is 0.333. The van der Waals surface area contributed by atoms with E-state index in [9.17, 15) is 27.2 Å². The molecule has 1 aliphatic rings. The number of carbonyl (C=O) groups is 2. The van der Waals surface area contributed by atoms with Crippen LogP contribution in [0.4, 0.5) is 29.1 Å². The van der Waals surface area contributed by atoms with Crippen LogP contribution in [0.2, 0.25) is 0 Å². The van der Waals surface area contributed by atoms with Crippen molar-refractivity contribution >= 4 is 23.3 Å². The first-order valence-electron chi connectivity index (χ1n) is 11.3. The van der Waals surface area contributed by atoms with Crippen LogP contribution in [-0.2, 0) is 9.59 Å². The highest BCUT2D eigenvalue weighted by Gasteiger charge is 2.47. The van der Waals surface area contributed by atoms with Crippen LogP contribution in [0.25, 0.3) is 0 Å². The summed E-state index contributed by atoms with van der Waals surface area (Å²) < 4.78 is 55.1. The summed E-state index contributed by atoms with van der Waals surface area (Å²) in [5, 5.41) is 5.21. The molecule has 1 aromatic heterocycles. The normalized spacial score (nSPS) is 15.5. The van der Waals surface area contributed by atoms with E-state index in [1.807, 2.05) is 0 Å². The number of rotatable bonds is 8. The molecule has 0 saturated heterocycles. The van der Waals surface area contributed by atoms with Gasteiger partial charge in [0.2, 0.25) is 11.8 Å². The summed E-state index contributed by atoms with van der Waals surface area (Å²) in [5.74, 6) is -5.72. The summed E-state index contributed by atoms with van der Waals surface area (Å²) in [6, 6.07) is 12.4. The van der Waals surface area contributed by atoms with Crippen molar-refractivity contribution in [1.29, 1.82) is 0 Å². The van der Waals surface area contributed by atoms with Gasteiger partial charge in [-0.15, -0.1) is 0 Å². The van der Waals surface area contributed by atoms with Gasteiger partial charge in [0.05, 0.1) is 6.54 Å². The van der Waals surface area contributed by atoms with Crippen LogP contribution in [0.1, 0.15) is 30.0 Å². The van der Waals surface area contributed by atoms with Crippen LogP contribution >= 0.6 is 0 Å². The number of nitrogens with one attached hydrogen (secondary N) is 2. The van der Waals surface area contributed by atoms with Gasteiger partial charge in [-0.3, -0.25) is 14.5 Å². The number of carbonyl (C=O) groups excluding carboxylic acids is 2. The third kappa shape index (κ3) is 5.64. The third-order valence-electron chi connectivity index (χ3n) is 5.95. The van der Waals surface area contributed by atoms with E-state index in [0.717, 1.165) is 11.0 Å². The lowest BCUT2D eigenvalue weighted by molar-refractivity contribution is -0.132. The minimum Gasteiger partial charge on any atom is -0.359 e. The number of nitrogens with zero attached hydrogens (tertiary/aromatic N) is 2. The predicted octanol–water partition coefficient (Wildman–Crippen LogP) is 4.77. The van der Waals surface area contributed by atoms with Gasteiger partial charge < -0.3 is 10.6 Å². The summed E-state index contributed by atoms with van der Waals surface area (Å²) >= 11 is 0. The molecule has 3 aromatic rings. The molecule has 1 heterocycles. The smallest absolute Gasteiger partial charge is 0.252 e. The summed E-state index contributed by atoms with van der Waals surface area (Å²) in [6.45, 7) is 1.27. The minimum atomic E-state index is -2.86. The van der Waals surface area contributed by atoms with Crippen molar-refractivity contribution in [3.05, 3.63) is 89.6 Å². The Kier molecular flexibility index (Phi) is 7.23. The topological polar surface area (TPSA) is 74.3 Å². The lowest BCUT2D eigenvalue weighted by Gasteiger charge is -2.38. The highest BCUT2D eigenvalue weighted by molar-refractivity contribution is 6.03. The van der Waals surface area contributed by atoms with Crippen LogP contribution in [0, 0.1) is 18.6 Å². The van der Waals surface area contributed by atoms with Gasteiger partial charge in [-0.05, 0) is 48.4 Å². The van der Waals surface area contributed by atoms with Gasteiger partial charge in [0.25, 0.3) is 5.92 Å². The predicted molar refractivity (Wildman–Crippen MR) is 127 cm³/mol. The van der Waals surface area contributed by atoms with E-state index < -0.39 is 60.8 Å². The number of aromatic nitrogens is 1. The van der Waals surface area contributed by atoms with Gasteiger partial charge in [0, 0.05) is 30.8 Å². The second-order valence-electron chi connectivity index (χ2n) is 8.66. The Bertz CT molecular complexity index is 1260. The molecule has 10 heteroatoms. The fraction of sp³-hybridized carbons (Fsp3) is 0.269. The number of benzene rings is 2. The number of aryl methyl sites for hydroxylation is 1. The van der Waals surface area contributed by atoms with Gasteiger partial charge in [-0.25, -0.2) is 22.5 Å². The highest BCUT2D eigenvalue weighted by atomic mass is 19.3. The molecule has 1 saturated carbocycles. The number of halogens is 4. The van der Waals surface area contributed by atoms with Gasteiger partial charge in [-0.2, -0.15) is 0 Å². The molecule has 0 aliphatic heterocycles. The Morgan fingerprint density at radius 2 is 1.83 bits per heavy atom. The zero-order valence-electron chi connectivity index (χ0n) is 19.3. The number of anilines is 2. The molecule has 0 radical (unpaired) electrons. The zero-order valence-corrected chi connectivity index (χ0v) is 19.3. The molecule has 0 spiro atoms. The van der Waals surface area contributed by atoms with Crippen LogP contribution in [0.3, 0.4) is 0 Å². The van der Waals surface area contributed by atoms with E-state index in [1.165, 1.54) is 36.5 Å². The number of hydrogen-bond acceptors (Lipinski definition) is 4. The van der Waals surface area contributed by atoms with Crippen molar-refractivity contribution in [2.75, 3.05) is 16.8 Å². The average molecular weight is 500 g/mol.